The Morgan fingerprint density at radius 3 is 1.69 bits per heavy atom. The number of alkyl halides is 1. The van der Waals surface area contributed by atoms with Gasteiger partial charge < -0.3 is 4.74 Å². The van der Waals surface area contributed by atoms with Gasteiger partial charge in [-0.25, -0.2) is 0 Å². The van der Waals surface area contributed by atoms with Crippen LogP contribution >= 0.6 is 0 Å². The van der Waals surface area contributed by atoms with Gasteiger partial charge in [0.15, 0.2) is 0 Å². The lowest BCUT2D eigenvalue weighted by atomic mass is 9.70. The molecule has 0 N–H and O–H groups in total. The van der Waals surface area contributed by atoms with Crippen LogP contribution in [-0.4, -0.2) is 19.9 Å². The van der Waals surface area contributed by atoms with Crippen molar-refractivity contribution in [2.45, 2.75) is 102 Å². The van der Waals surface area contributed by atoms with Crippen molar-refractivity contribution in [1.82, 2.24) is 0 Å². The molecule has 2 aliphatic rings. The SMILES string of the molecule is CO[C@H]1CC[C@H](C2CCC(CCc3ccc(-c4ccc(CCCCCCF)cc4)cc3)CC2)CC1. The molecule has 0 heterocycles. The van der Waals surface area contributed by atoms with E-state index in [0.29, 0.717) is 12.5 Å². The van der Waals surface area contributed by atoms with Gasteiger partial charge >= 0.3 is 0 Å². The number of unbranched alkanes of at least 4 members (excludes halogenated alkanes) is 3. The third-order valence-electron chi connectivity index (χ3n) is 9.04. The van der Waals surface area contributed by atoms with Crippen LogP contribution in [0.3, 0.4) is 0 Å². The molecule has 2 aliphatic carbocycles. The van der Waals surface area contributed by atoms with Crippen molar-refractivity contribution in [3.63, 3.8) is 0 Å². The second kappa shape index (κ2) is 14.2. The third-order valence-corrected chi connectivity index (χ3v) is 9.04. The molecule has 4 rings (SSSR count). The van der Waals surface area contributed by atoms with Crippen molar-refractivity contribution in [3.8, 4) is 11.1 Å². The zero-order valence-electron chi connectivity index (χ0n) is 22.0. The molecule has 0 amide bonds. The summed E-state index contributed by atoms with van der Waals surface area (Å²) >= 11 is 0. The van der Waals surface area contributed by atoms with E-state index in [2.05, 4.69) is 48.5 Å². The Morgan fingerprint density at radius 1 is 0.629 bits per heavy atom. The largest absolute Gasteiger partial charge is 0.381 e. The van der Waals surface area contributed by atoms with Crippen LogP contribution in [0.4, 0.5) is 4.39 Å². The summed E-state index contributed by atoms with van der Waals surface area (Å²) in [6.45, 7) is -0.175. The van der Waals surface area contributed by atoms with Crippen LogP contribution in [0, 0.1) is 17.8 Å². The van der Waals surface area contributed by atoms with Gasteiger partial charge in [0.25, 0.3) is 0 Å². The van der Waals surface area contributed by atoms with Crippen LogP contribution in [0.25, 0.3) is 11.1 Å². The molecular formula is C33H47FO. The molecule has 35 heavy (non-hydrogen) atoms. The maximum atomic E-state index is 12.2. The summed E-state index contributed by atoms with van der Waals surface area (Å²) in [7, 11) is 1.88. The summed E-state index contributed by atoms with van der Waals surface area (Å²) in [5.74, 6) is 2.87. The van der Waals surface area contributed by atoms with Gasteiger partial charge in [-0.05, 0) is 111 Å². The second-order valence-corrected chi connectivity index (χ2v) is 11.3. The minimum atomic E-state index is -0.175. The Hall–Kier alpha value is -1.67. The zero-order valence-corrected chi connectivity index (χ0v) is 22.0. The molecule has 0 aliphatic heterocycles. The molecule has 0 unspecified atom stereocenters. The molecule has 0 spiro atoms. The molecule has 0 saturated heterocycles. The summed E-state index contributed by atoms with van der Waals surface area (Å²) in [6.07, 6.45) is 19.4. The van der Waals surface area contributed by atoms with Crippen LogP contribution in [-0.2, 0) is 17.6 Å². The number of methoxy groups -OCH3 is 1. The number of rotatable bonds is 12. The van der Waals surface area contributed by atoms with Gasteiger partial charge in [-0.2, -0.15) is 0 Å². The third kappa shape index (κ3) is 8.17. The van der Waals surface area contributed by atoms with Crippen LogP contribution in [0.5, 0.6) is 0 Å². The maximum absolute atomic E-state index is 12.2. The highest BCUT2D eigenvalue weighted by Crippen LogP contribution is 2.41. The number of ether oxygens (including phenoxy) is 1. The minimum Gasteiger partial charge on any atom is -0.381 e. The first kappa shape index (κ1) is 26.4. The van der Waals surface area contributed by atoms with E-state index < -0.39 is 0 Å². The van der Waals surface area contributed by atoms with Crippen molar-refractivity contribution in [2.24, 2.45) is 17.8 Å². The Kier molecular flexibility index (Phi) is 10.7. The Bertz CT molecular complexity index is 826. The molecule has 0 aromatic heterocycles. The molecule has 2 heteroatoms. The van der Waals surface area contributed by atoms with E-state index in [9.17, 15) is 4.39 Å². The van der Waals surface area contributed by atoms with Crippen LogP contribution < -0.4 is 0 Å². The quantitative estimate of drug-likeness (QED) is 0.276. The number of hydrogen-bond acceptors (Lipinski definition) is 1. The Labute approximate surface area is 213 Å². The van der Waals surface area contributed by atoms with E-state index in [1.54, 1.807) is 0 Å². The highest BCUT2D eigenvalue weighted by molar-refractivity contribution is 5.64. The lowest BCUT2D eigenvalue weighted by Gasteiger charge is -2.37. The van der Waals surface area contributed by atoms with Crippen molar-refractivity contribution < 1.29 is 9.13 Å². The van der Waals surface area contributed by atoms with Crippen molar-refractivity contribution in [1.29, 1.82) is 0 Å². The fourth-order valence-corrected chi connectivity index (χ4v) is 6.62. The van der Waals surface area contributed by atoms with Crippen molar-refractivity contribution in [2.75, 3.05) is 13.8 Å². The predicted molar refractivity (Wildman–Crippen MR) is 147 cm³/mol. The number of benzene rings is 2. The second-order valence-electron chi connectivity index (χ2n) is 11.3. The first-order valence-corrected chi connectivity index (χ1v) is 14.5. The van der Waals surface area contributed by atoms with E-state index in [0.717, 1.165) is 43.4 Å². The van der Waals surface area contributed by atoms with Crippen LogP contribution in [0.2, 0.25) is 0 Å². The molecule has 2 fully saturated rings. The van der Waals surface area contributed by atoms with E-state index in [1.165, 1.54) is 86.5 Å². The normalized spacial score (nSPS) is 25.0. The summed E-state index contributed by atoms with van der Waals surface area (Å²) < 4.78 is 17.8. The van der Waals surface area contributed by atoms with Crippen molar-refractivity contribution >= 4 is 0 Å². The number of aryl methyl sites for hydroxylation is 2. The van der Waals surface area contributed by atoms with E-state index in [4.69, 9.17) is 4.74 Å². The fourth-order valence-electron chi connectivity index (χ4n) is 6.62. The molecule has 2 aromatic rings. The minimum absolute atomic E-state index is 0.175. The maximum Gasteiger partial charge on any atom is 0.0894 e. The van der Waals surface area contributed by atoms with Gasteiger partial charge in [-0.15, -0.1) is 0 Å². The van der Waals surface area contributed by atoms with Gasteiger partial charge in [0.1, 0.15) is 0 Å². The van der Waals surface area contributed by atoms with Crippen molar-refractivity contribution in [3.05, 3.63) is 59.7 Å². The molecule has 0 radical (unpaired) electrons. The zero-order chi connectivity index (χ0) is 24.3. The van der Waals surface area contributed by atoms with Gasteiger partial charge in [0.2, 0.25) is 0 Å². The summed E-state index contributed by atoms with van der Waals surface area (Å²) in [6, 6.07) is 18.3. The molecule has 192 valence electrons. The molecular weight excluding hydrogens is 431 g/mol. The fraction of sp³-hybridized carbons (Fsp3) is 0.636. The first-order chi connectivity index (χ1) is 17.2. The van der Waals surface area contributed by atoms with E-state index in [-0.39, 0.29) is 6.67 Å². The molecule has 0 atom stereocenters. The van der Waals surface area contributed by atoms with Gasteiger partial charge in [0.05, 0.1) is 12.8 Å². The first-order valence-electron chi connectivity index (χ1n) is 14.5. The summed E-state index contributed by atoms with van der Waals surface area (Å²) in [5, 5.41) is 0. The molecule has 0 bridgehead atoms. The number of hydrogen-bond donors (Lipinski definition) is 0. The summed E-state index contributed by atoms with van der Waals surface area (Å²) in [4.78, 5) is 0. The highest BCUT2D eigenvalue weighted by Gasteiger charge is 2.30. The lowest BCUT2D eigenvalue weighted by molar-refractivity contribution is 0.0392. The van der Waals surface area contributed by atoms with Gasteiger partial charge in [-0.3, -0.25) is 4.39 Å². The van der Waals surface area contributed by atoms with Crippen LogP contribution in [0.1, 0.15) is 94.6 Å². The standard InChI is InChI=1S/C33H47FO/c1-35-33-23-21-32(22-24-33)31-19-13-28(14-20-31)8-7-27-11-17-30(18-12-27)29-15-9-26(10-16-29)6-4-2-3-5-25-34/h9-12,15-18,28,31-33H,2-8,13-14,19-25H2,1H3/t28?,31?,32-,33-. The smallest absolute Gasteiger partial charge is 0.0894 e. The van der Waals surface area contributed by atoms with E-state index >= 15 is 0 Å². The van der Waals surface area contributed by atoms with Gasteiger partial charge in [-0.1, -0.05) is 74.2 Å². The van der Waals surface area contributed by atoms with Gasteiger partial charge in [0, 0.05) is 7.11 Å². The lowest BCUT2D eigenvalue weighted by Crippen LogP contribution is -2.28. The molecule has 2 aromatic carbocycles. The van der Waals surface area contributed by atoms with E-state index in [1.807, 2.05) is 7.11 Å². The monoisotopic (exact) mass is 478 g/mol. The topological polar surface area (TPSA) is 9.23 Å². The Morgan fingerprint density at radius 2 is 1.14 bits per heavy atom. The summed E-state index contributed by atoms with van der Waals surface area (Å²) in [5.41, 5.74) is 5.49. The Balaban J connectivity index is 1.16. The molecule has 1 nitrogen and oxygen atoms in total. The average Bonchev–Trinajstić information content (AvgIpc) is 2.93. The van der Waals surface area contributed by atoms with Crippen LogP contribution in [0.15, 0.2) is 48.5 Å². The predicted octanol–water partition coefficient (Wildman–Crippen LogP) is 9.37. The highest BCUT2D eigenvalue weighted by atomic mass is 19.1. The average molecular weight is 479 g/mol. The molecule has 2 saturated carbocycles. The number of halogens is 1.